The number of aromatic nitrogens is 2. The van der Waals surface area contributed by atoms with E-state index in [-0.39, 0.29) is 0 Å². The molecule has 4 nitrogen and oxygen atoms in total. The Morgan fingerprint density at radius 1 is 1.11 bits per heavy atom. The van der Waals surface area contributed by atoms with E-state index >= 15 is 0 Å². The van der Waals surface area contributed by atoms with Crippen LogP contribution in [0.3, 0.4) is 0 Å². The number of methoxy groups -OCH3 is 1. The van der Waals surface area contributed by atoms with Crippen molar-refractivity contribution in [2.24, 2.45) is 5.73 Å². The summed E-state index contributed by atoms with van der Waals surface area (Å²) in [5.74, 6) is 1.55. The predicted molar refractivity (Wildman–Crippen MR) is 76.1 cm³/mol. The molecule has 0 aliphatic rings. The molecule has 0 amide bonds. The average molecular weight is 257 g/mol. The molecule has 1 aromatic heterocycles. The van der Waals surface area contributed by atoms with E-state index < -0.39 is 0 Å². The summed E-state index contributed by atoms with van der Waals surface area (Å²) in [7, 11) is 1.68. The van der Waals surface area contributed by atoms with E-state index in [0.29, 0.717) is 6.54 Å². The van der Waals surface area contributed by atoms with Crippen LogP contribution in [0.1, 0.15) is 22.6 Å². The molecule has 2 rings (SSSR count). The molecule has 0 radical (unpaired) electrons. The zero-order chi connectivity index (χ0) is 14.0. The molecule has 4 heteroatoms. The molecular weight excluding hydrogens is 238 g/mol. The van der Waals surface area contributed by atoms with Crippen molar-refractivity contribution < 1.29 is 4.74 Å². The van der Waals surface area contributed by atoms with Crippen LogP contribution in [0.5, 0.6) is 5.75 Å². The summed E-state index contributed by atoms with van der Waals surface area (Å²) >= 11 is 0. The van der Waals surface area contributed by atoms with Crippen molar-refractivity contribution in [2.45, 2.75) is 27.3 Å². The number of hydrogen-bond acceptors (Lipinski definition) is 4. The highest BCUT2D eigenvalue weighted by Gasteiger charge is 2.13. The maximum Gasteiger partial charge on any atom is 0.128 e. The molecule has 2 aromatic rings. The number of ether oxygens (including phenoxy) is 1. The van der Waals surface area contributed by atoms with Gasteiger partial charge in [0.05, 0.1) is 18.5 Å². The van der Waals surface area contributed by atoms with Gasteiger partial charge in [-0.25, -0.2) is 9.97 Å². The van der Waals surface area contributed by atoms with Gasteiger partial charge in [0.2, 0.25) is 0 Å². The van der Waals surface area contributed by atoms with Gasteiger partial charge in [-0.15, -0.1) is 0 Å². The molecule has 0 unspecified atom stereocenters. The van der Waals surface area contributed by atoms with Crippen LogP contribution in [0.25, 0.3) is 11.3 Å². The number of nitrogens with two attached hydrogens (primary N) is 1. The van der Waals surface area contributed by atoms with Gasteiger partial charge in [0, 0.05) is 12.1 Å². The molecule has 1 aromatic carbocycles. The Bertz CT molecular complexity index is 609. The van der Waals surface area contributed by atoms with Gasteiger partial charge in [0.1, 0.15) is 11.6 Å². The van der Waals surface area contributed by atoms with E-state index in [4.69, 9.17) is 10.5 Å². The fraction of sp³-hybridized carbons (Fsp3) is 0.333. The maximum atomic E-state index is 5.68. The first-order chi connectivity index (χ1) is 9.05. The van der Waals surface area contributed by atoms with E-state index in [1.165, 1.54) is 5.56 Å². The summed E-state index contributed by atoms with van der Waals surface area (Å²) < 4.78 is 5.48. The van der Waals surface area contributed by atoms with Crippen LogP contribution in [-0.4, -0.2) is 17.1 Å². The van der Waals surface area contributed by atoms with Gasteiger partial charge in [0.25, 0.3) is 0 Å². The molecule has 100 valence electrons. The molecule has 0 atom stereocenters. The van der Waals surface area contributed by atoms with Gasteiger partial charge in [-0.05, 0) is 44.0 Å². The minimum Gasteiger partial charge on any atom is -0.496 e. The Morgan fingerprint density at radius 2 is 1.84 bits per heavy atom. The van der Waals surface area contributed by atoms with Crippen molar-refractivity contribution in [3.8, 4) is 17.0 Å². The minimum absolute atomic E-state index is 0.406. The van der Waals surface area contributed by atoms with Crippen molar-refractivity contribution in [2.75, 3.05) is 7.11 Å². The van der Waals surface area contributed by atoms with E-state index in [0.717, 1.165) is 34.1 Å². The van der Waals surface area contributed by atoms with Crippen LogP contribution >= 0.6 is 0 Å². The van der Waals surface area contributed by atoms with E-state index in [2.05, 4.69) is 29.9 Å². The molecule has 0 spiro atoms. The lowest BCUT2D eigenvalue weighted by atomic mass is 10.0. The van der Waals surface area contributed by atoms with Crippen molar-refractivity contribution in [1.82, 2.24) is 9.97 Å². The van der Waals surface area contributed by atoms with Crippen molar-refractivity contribution >= 4 is 0 Å². The number of hydrogen-bond donors (Lipinski definition) is 1. The summed E-state index contributed by atoms with van der Waals surface area (Å²) in [6.07, 6.45) is 0. The van der Waals surface area contributed by atoms with Gasteiger partial charge < -0.3 is 10.5 Å². The first-order valence-corrected chi connectivity index (χ1v) is 6.25. The number of nitrogens with zero attached hydrogens (tertiary/aromatic N) is 2. The van der Waals surface area contributed by atoms with Crippen molar-refractivity contribution in [3.05, 3.63) is 40.8 Å². The maximum absolute atomic E-state index is 5.68. The largest absolute Gasteiger partial charge is 0.496 e. The monoisotopic (exact) mass is 257 g/mol. The Hall–Kier alpha value is -1.94. The Labute approximate surface area is 113 Å². The third-order valence-corrected chi connectivity index (χ3v) is 3.02. The highest BCUT2D eigenvalue weighted by Crippen LogP contribution is 2.33. The smallest absolute Gasteiger partial charge is 0.128 e. The standard InChI is InChI=1S/C15H19N3O/c1-9-5-10(2)15(14(6-9)19-4)13-7-12(8-16)17-11(3)18-13/h5-7H,8,16H2,1-4H3. The van der Waals surface area contributed by atoms with E-state index in [9.17, 15) is 0 Å². The SMILES string of the molecule is COc1cc(C)cc(C)c1-c1cc(CN)nc(C)n1. The summed E-state index contributed by atoms with van der Waals surface area (Å²) in [4.78, 5) is 8.81. The second-order valence-corrected chi connectivity index (χ2v) is 4.65. The Balaban J connectivity index is 2.67. The summed E-state index contributed by atoms with van der Waals surface area (Å²) in [6, 6.07) is 6.06. The molecule has 0 saturated carbocycles. The normalized spacial score (nSPS) is 10.6. The van der Waals surface area contributed by atoms with Crippen LogP contribution in [0.15, 0.2) is 18.2 Å². The topological polar surface area (TPSA) is 61.0 Å². The third-order valence-electron chi connectivity index (χ3n) is 3.02. The Kier molecular flexibility index (Phi) is 3.81. The van der Waals surface area contributed by atoms with Gasteiger partial charge in [-0.1, -0.05) is 6.07 Å². The molecule has 0 aliphatic carbocycles. The van der Waals surface area contributed by atoms with Crippen LogP contribution in [-0.2, 0) is 6.54 Å². The van der Waals surface area contributed by atoms with Gasteiger partial charge in [0.15, 0.2) is 0 Å². The molecule has 19 heavy (non-hydrogen) atoms. The molecule has 0 bridgehead atoms. The fourth-order valence-electron chi connectivity index (χ4n) is 2.28. The van der Waals surface area contributed by atoms with Gasteiger partial charge in [-0.3, -0.25) is 0 Å². The first-order valence-electron chi connectivity index (χ1n) is 6.25. The lowest BCUT2D eigenvalue weighted by Crippen LogP contribution is -2.04. The van der Waals surface area contributed by atoms with Crippen LogP contribution in [0, 0.1) is 20.8 Å². The third kappa shape index (κ3) is 2.74. The quantitative estimate of drug-likeness (QED) is 0.918. The number of rotatable bonds is 3. The lowest BCUT2D eigenvalue weighted by Gasteiger charge is -2.13. The van der Waals surface area contributed by atoms with Gasteiger partial charge in [-0.2, -0.15) is 0 Å². The van der Waals surface area contributed by atoms with E-state index in [1.54, 1.807) is 7.11 Å². The second-order valence-electron chi connectivity index (χ2n) is 4.65. The highest BCUT2D eigenvalue weighted by atomic mass is 16.5. The van der Waals surface area contributed by atoms with Crippen LogP contribution in [0.4, 0.5) is 0 Å². The number of benzene rings is 1. The van der Waals surface area contributed by atoms with Crippen molar-refractivity contribution in [1.29, 1.82) is 0 Å². The molecule has 2 N–H and O–H groups in total. The summed E-state index contributed by atoms with van der Waals surface area (Å²) in [5.41, 5.74) is 10.7. The van der Waals surface area contributed by atoms with Gasteiger partial charge >= 0.3 is 0 Å². The zero-order valence-electron chi connectivity index (χ0n) is 11.8. The number of aryl methyl sites for hydroxylation is 3. The van der Waals surface area contributed by atoms with E-state index in [1.807, 2.05) is 19.1 Å². The second kappa shape index (κ2) is 5.36. The Morgan fingerprint density at radius 3 is 2.47 bits per heavy atom. The molecule has 0 aliphatic heterocycles. The van der Waals surface area contributed by atoms with Crippen LogP contribution < -0.4 is 10.5 Å². The summed E-state index contributed by atoms with van der Waals surface area (Å²) in [5, 5.41) is 0. The minimum atomic E-state index is 0.406. The fourth-order valence-corrected chi connectivity index (χ4v) is 2.28. The zero-order valence-corrected chi connectivity index (χ0v) is 11.8. The molecule has 0 saturated heterocycles. The summed E-state index contributed by atoms with van der Waals surface area (Å²) in [6.45, 7) is 6.39. The predicted octanol–water partition coefficient (Wildman–Crippen LogP) is 2.54. The molecule has 0 fully saturated rings. The molecule has 1 heterocycles. The van der Waals surface area contributed by atoms with Crippen molar-refractivity contribution in [3.63, 3.8) is 0 Å². The highest BCUT2D eigenvalue weighted by molar-refractivity contribution is 5.71. The lowest BCUT2D eigenvalue weighted by molar-refractivity contribution is 0.415. The molecular formula is C15H19N3O. The average Bonchev–Trinajstić information content (AvgIpc) is 2.36. The van der Waals surface area contributed by atoms with Crippen LogP contribution in [0.2, 0.25) is 0 Å². The first kappa shape index (κ1) is 13.5.